The summed E-state index contributed by atoms with van der Waals surface area (Å²) in [7, 11) is -9.38. The van der Waals surface area contributed by atoms with Crippen molar-refractivity contribution in [3.63, 3.8) is 0 Å². The van der Waals surface area contributed by atoms with Gasteiger partial charge in [-0.15, -0.1) is 0 Å². The number of nitrogens with one attached hydrogen (secondary N) is 1. The van der Waals surface area contributed by atoms with Gasteiger partial charge in [-0.25, -0.2) is 12.6 Å². The first-order valence-corrected chi connectivity index (χ1v) is 12.3. The maximum atomic E-state index is 12.6. The van der Waals surface area contributed by atoms with Crippen molar-refractivity contribution in [3.8, 4) is 0 Å². The van der Waals surface area contributed by atoms with Crippen molar-refractivity contribution < 1.29 is 34.2 Å². The highest BCUT2D eigenvalue weighted by Gasteiger charge is 2.57. The van der Waals surface area contributed by atoms with Gasteiger partial charge in [0, 0.05) is 24.7 Å². The van der Waals surface area contributed by atoms with Gasteiger partial charge >= 0.3 is 5.51 Å². The van der Waals surface area contributed by atoms with Crippen molar-refractivity contribution in [1.29, 1.82) is 0 Å². The Balaban J connectivity index is 1.36. The summed E-state index contributed by atoms with van der Waals surface area (Å²) in [5.41, 5.74) is -4.84. The lowest BCUT2D eigenvalue weighted by molar-refractivity contribution is -0.137. The second kappa shape index (κ2) is 7.29. The fraction of sp³-hybridized carbons (Fsp3) is 0.500. The average molecular weight is 480 g/mol. The van der Waals surface area contributed by atoms with Crippen LogP contribution in [0.25, 0.3) is 0 Å². The van der Waals surface area contributed by atoms with Gasteiger partial charge in [0.15, 0.2) is 0 Å². The number of hydrogen-bond acceptors (Lipinski definition) is 7. The van der Waals surface area contributed by atoms with Crippen molar-refractivity contribution in [2.45, 2.75) is 47.8 Å². The number of halogens is 3. The molecular formula is C18H20F3N3O5S2. The highest BCUT2D eigenvalue weighted by Crippen LogP contribution is 2.53. The van der Waals surface area contributed by atoms with Crippen LogP contribution in [0.5, 0.6) is 0 Å². The number of aryl methyl sites for hydroxylation is 1. The Morgan fingerprint density at radius 1 is 1.16 bits per heavy atom. The normalized spacial score (nSPS) is 26.5. The third kappa shape index (κ3) is 3.99. The Kier molecular flexibility index (Phi) is 5.23. The summed E-state index contributed by atoms with van der Waals surface area (Å²) in [6.45, 7) is 2.63. The van der Waals surface area contributed by atoms with Gasteiger partial charge in [-0.3, -0.25) is 10.00 Å². The SMILES string of the molecule is Cc1ccc(S(=O)(=O)OC2NCC23CC(Cn2cc(S(=O)(=O)C(F)(F)F)cn2)C3)cc1. The minimum absolute atomic E-state index is 0.0108. The van der Waals surface area contributed by atoms with Crippen LogP contribution >= 0.6 is 0 Å². The van der Waals surface area contributed by atoms with Crippen LogP contribution in [0.3, 0.4) is 0 Å². The van der Waals surface area contributed by atoms with E-state index in [2.05, 4.69) is 10.4 Å². The van der Waals surface area contributed by atoms with E-state index in [0.717, 1.165) is 11.8 Å². The fourth-order valence-corrected chi connectivity index (χ4v) is 5.88. The highest BCUT2D eigenvalue weighted by atomic mass is 32.2. The Morgan fingerprint density at radius 2 is 1.81 bits per heavy atom. The van der Waals surface area contributed by atoms with Crippen LogP contribution in [-0.2, 0) is 30.7 Å². The molecule has 0 radical (unpaired) electrons. The Morgan fingerprint density at radius 3 is 2.35 bits per heavy atom. The standard InChI is InChI=1S/C18H20F3N3O5S2/c1-12-2-4-14(5-3-12)31(27,28)29-16-17(11-22-16)6-13(7-17)9-24-10-15(8-23-24)30(25,26)18(19,20)21/h2-5,8,10,13,16,22H,6-7,9,11H2,1H3. The number of nitrogens with zero attached hydrogens (tertiary/aromatic N) is 2. The second-order valence-corrected chi connectivity index (χ2v) is 11.6. The molecule has 2 aliphatic rings. The van der Waals surface area contributed by atoms with Gasteiger partial charge in [0.2, 0.25) is 0 Å². The van der Waals surface area contributed by atoms with Gasteiger partial charge in [0.05, 0.1) is 11.1 Å². The zero-order valence-electron chi connectivity index (χ0n) is 16.3. The first kappa shape index (κ1) is 22.2. The minimum Gasteiger partial charge on any atom is -0.290 e. The predicted octanol–water partition coefficient (Wildman–Crippen LogP) is 2.22. The topological polar surface area (TPSA) is 107 Å². The monoisotopic (exact) mass is 479 g/mol. The molecule has 8 nitrogen and oxygen atoms in total. The third-order valence-corrected chi connectivity index (χ3v) is 8.52. The molecule has 1 saturated heterocycles. The van der Waals surface area contributed by atoms with Crippen LogP contribution in [-0.4, -0.2) is 44.9 Å². The van der Waals surface area contributed by atoms with E-state index in [0.29, 0.717) is 25.6 Å². The summed E-state index contributed by atoms with van der Waals surface area (Å²) in [6.07, 6.45) is 2.02. The minimum atomic E-state index is -5.43. The molecule has 0 amide bonds. The zero-order valence-corrected chi connectivity index (χ0v) is 18.0. The number of hydrogen-bond donors (Lipinski definition) is 1. The molecule has 1 aliphatic heterocycles. The summed E-state index contributed by atoms with van der Waals surface area (Å²) in [4.78, 5) is -0.836. The molecule has 170 valence electrons. The summed E-state index contributed by atoms with van der Waals surface area (Å²) < 4.78 is 92.4. The highest BCUT2D eigenvalue weighted by molar-refractivity contribution is 7.92. The maximum absolute atomic E-state index is 12.6. The Labute approximate surface area is 177 Å². The average Bonchev–Trinajstić information content (AvgIpc) is 3.10. The van der Waals surface area contributed by atoms with Gasteiger partial charge < -0.3 is 0 Å². The molecular weight excluding hydrogens is 459 g/mol. The van der Waals surface area contributed by atoms with Gasteiger partial charge in [-0.2, -0.15) is 26.7 Å². The molecule has 2 fully saturated rings. The largest absolute Gasteiger partial charge is 0.502 e. The zero-order chi connectivity index (χ0) is 22.7. The summed E-state index contributed by atoms with van der Waals surface area (Å²) in [6, 6.07) is 6.31. The van der Waals surface area contributed by atoms with E-state index in [1.807, 2.05) is 6.92 Å². The van der Waals surface area contributed by atoms with Gasteiger partial charge in [0.1, 0.15) is 11.1 Å². The van der Waals surface area contributed by atoms with Crippen LogP contribution in [0.4, 0.5) is 13.2 Å². The maximum Gasteiger partial charge on any atom is 0.502 e. The lowest BCUT2D eigenvalue weighted by Crippen LogP contribution is -2.69. The summed E-state index contributed by atoms with van der Waals surface area (Å²) >= 11 is 0. The quantitative estimate of drug-likeness (QED) is 0.633. The molecule has 2 aromatic rings. The van der Waals surface area contributed by atoms with Crippen molar-refractivity contribution >= 4 is 20.0 Å². The number of aromatic nitrogens is 2. The van der Waals surface area contributed by atoms with Crippen LogP contribution in [0, 0.1) is 18.3 Å². The van der Waals surface area contributed by atoms with E-state index in [1.54, 1.807) is 12.1 Å². The Hall–Kier alpha value is -1.96. The molecule has 13 heteroatoms. The molecule has 31 heavy (non-hydrogen) atoms. The van der Waals surface area contributed by atoms with E-state index in [4.69, 9.17) is 4.18 Å². The van der Waals surface area contributed by atoms with E-state index in [1.165, 1.54) is 16.8 Å². The van der Waals surface area contributed by atoms with Crippen molar-refractivity contribution in [3.05, 3.63) is 42.2 Å². The molecule has 1 aliphatic carbocycles. The van der Waals surface area contributed by atoms with E-state index in [9.17, 15) is 30.0 Å². The second-order valence-electron chi connectivity index (χ2n) is 8.11. The van der Waals surface area contributed by atoms with Crippen LogP contribution in [0.1, 0.15) is 18.4 Å². The van der Waals surface area contributed by atoms with Gasteiger partial charge in [0.25, 0.3) is 20.0 Å². The molecule has 2 heterocycles. The van der Waals surface area contributed by atoms with E-state index in [-0.39, 0.29) is 22.8 Å². The van der Waals surface area contributed by atoms with Crippen LogP contribution in [0.2, 0.25) is 0 Å². The van der Waals surface area contributed by atoms with Crippen molar-refractivity contribution in [2.24, 2.45) is 11.3 Å². The number of rotatable bonds is 6. The summed E-state index contributed by atoms with van der Waals surface area (Å²) in [5, 5.41) is 6.70. The number of benzene rings is 1. The lowest BCUT2D eigenvalue weighted by Gasteiger charge is -2.58. The predicted molar refractivity (Wildman–Crippen MR) is 102 cm³/mol. The lowest BCUT2D eigenvalue weighted by atomic mass is 9.57. The molecule has 1 aromatic heterocycles. The first-order valence-electron chi connectivity index (χ1n) is 9.40. The van der Waals surface area contributed by atoms with E-state index < -0.39 is 36.6 Å². The van der Waals surface area contributed by atoms with Gasteiger partial charge in [-0.05, 0) is 37.8 Å². The smallest absolute Gasteiger partial charge is 0.290 e. The van der Waals surface area contributed by atoms with Crippen LogP contribution < -0.4 is 5.32 Å². The summed E-state index contributed by atoms with van der Waals surface area (Å²) in [5.74, 6) is 0.0108. The number of alkyl halides is 3. The molecule has 4 rings (SSSR count). The molecule has 1 spiro atoms. The Bertz CT molecular complexity index is 1180. The van der Waals surface area contributed by atoms with Gasteiger partial charge in [-0.1, -0.05) is 17.7 Å². The third-order valence-electron chi connectivity index (χ3n) is 5.79. The molecule has 1 aromatic carbocycles. The molecule has 1 atom stereocenters. The van der Waals surface area contributed by atoms with Crippen molar-refractivity contribution in [2.75, 3.05) is 6.54 Å². The first-order chi connectivity index (χ1) is 14.3. The van der Waals surface area contributed by atoms with E-state index >= 15 is 0 Å². The van der Waals surface area contributed by atoms with Crippen molar-refractivity contribution in [1.82, 2.24) is 15.1 Å². The molecule has 1 unspecified atom stereocenters. The molecule has 0 bridgehead atoms. The molecule has 1 saturated carbocycles. The fourth-order valence-electron chi connectivity index (χ4n) is 4.06. The number of sulfone groups is 1. The van der Waals surface area contributed by atoms with Crippen LogP contribution in [0.15, 0.2) is 46.5 Å². The molecule has 1 N–H and O–H groups in total.